The summed E-state index contributed by atoms with van der Waals surface area (Å²) in [5.41, 5.74) is 6.29. The maximum absolute atomic E-state index is 13.8. The van der Waals surface area contributed by atoms with Crippen LogP contribution >= 0.6 is 28.3 Å². The number of aliphatic hydroxyl groups excluding tert-OH is 1. The van der Waals surface area contributed by atoms with Crippen molar-refractivity contribution >= 4 is 28.3 Å². The first-order valence-electron chi connectivity index (χ1n) is 5.49. The van der Waals surface area contributed by atoms with Gasteiger partial charge in [0, 0.05) is 5.56 Å². The second-order valence-electron chi connectivity index (χ2n) is 4.35. The molecule has 0 radical (unpaired) electrons. The van der Waals surface area contributed by atoms with Crippen LogP contribution < -0.4 is 5.73 Å². The largest absolute Gasteiger partial charge is 0.391 e. The maximum atomic E-state index is 13.8. The van der Waals surface area contributed by atoms with E-state index in [9.17, 15) is 9.50 Å². The molecule has 1 fully saturated rings. The number of rotatable bonds is 3. The van der Waals surface area contributed by atoms with E-state index in [4.69, 9.17) is 5.73 Å². The van der Waals surface area contributed by atoms with E-state index in [1.54, 1.807) is 18.2 Å². The van der Waals surface area contributed by atoms with E-state index in [-0.39, 0.29) is 24.1 Å². The predicted molar refractivity (Wildman–Crippen MR) is 71.6 cm³/mol. The SMILES string of the molecule is Cl.N[C@H](c1cccc(Br)c1F)[C@@H](O)C1CCC1. The summed E-state index contributed by atoms with van der Waals surface area (Å²) in [7, 11) is 0. The number of halogens is 3. The van der Waals surface area contributed by atoms with E-state index in [0.29, 0.717) is 10.0 Å². The lowest BCUT2D eigenvalue weighted by atomic mass is 9.77. The molecule has 2 rings (SSSR count). The summed E-state index contributed by atoms with van der Waals surface area (Å²) >= 11 is 3.12. The van der Waals surface area contributed by atoms with E-state index in [0.717, 1.165) is 19.3 Å². The first-order chi connectivity index (χ1) is 7.61. The van der Waals surface area contributed by atoms with E-state index < -0.39 is 12.1 Å². The van der Waals surface area contributed by atoms with Crippen molar-refractivity contribution in [3.05, 3.63) is 34.1 Å². The van der Waals surface area contributed by atoms with E-state index in [1.807, 2.05) is 0 Å². The molecular weight excluding hydrogens is 308 g/mol. The zero-order chi connectivity index (χ0) is 11.7. The molecule has 2 atom stereocenters. The summed E-state index contributed by atoms with van der Waals surface area (Å²) in [6.45, 7) is 0. The molecule has 0 saturated heterocycles. The lowest BCUT2D eigenvalue weighted by molar-refractivity contribution is 0.0404. The van der Waals surface area contributed by atoms with Crippen molar-refractivity contribution in [1.29, 1.82) is 0 Å². The molecule has 0 bridgehead atoms. The highest BCUT2D eigenvalue weighted by Crippen LogP contribution is 2.35. The number of aliphatic hydroxyl groups is 1. The van der Waals surface area contributed by atoms with Crippen LogP contribution in [-0.2, 0) is 0 Å². The number of nitrogens with two attached hydrogens (primary N) is 1. The molecule has 0 aromatic heterocycles. The Morgan fingerprint density at radius 2 is 2.06 bits per heavy atom. The minimum Gasteiger partial charge on any atom is -0.391 e. The Balaban J connectivity index is 0.00000144. The van der Waals surface area contributed by atoms with Gasteiger partial charge in [-0.2, -0.15) is 0 Å². The van der Waals surface area contributed by atoms with Gasteiger partial charge in [-0.25, -0.2) is 4.39 Å². The second kappa shape index (κ2) is 6.14. The van der Waals surface area contributed by atoms with Crippen molar-refractivity contribution in [2.24, 2.45) is 11.7 Å². The molecule has 1 saturated carbocycles. The Kier molecular flexibility index (Phi) is 5.38. The van der Waals surface area contributed by atoms with Crippen molar-refractivity contribution in [3.63, 3.8) is 0 Å². The topological polar surface area (TPSA) is 46.2 Å². The van der Waals surface area contributed by atoms with Crippen molar-refractivity contribution in [2.45, 2.75) is 31.4 Å². The summed E-state index contributed by atoms with van der Waals surface area (Å²) in [6, 6.07) is 4.35. The Hall–Kier alpha value is -0.160. The molecule has 0 heterocycles. The fraction of sp³-hybridized carbons (Fsp3) is 0.500. The molecule has 17 heavy (non-hydrogen) atoms. The number of benzene rings is 1. The first-order valence-corrected chi connectivity index (χ1v) is 6.28. The zero-order valence-corrected chi connectivity index (χ0v) is 11.7. The van der Waals surface area contributed by atoms with E-state index in [1.165, 1.54) is 0 Å². The van der Waals surface area contributed by atoms with Gasteiger partial charge in [-0.05, 0) is 40.8 Å². The van der Waals surface area contributed by atoms with Crippen LogP contribution in [-0.4, -0.2) is 11.2 Å². The highest BCUT2D eigenvalue weighted by atomic mass is 79.9. The fourth-order valence-electron chi connectivity index (χ4n) is 2.04. The van der Waals surface area contributed by atoms with Gasteiger partial charge in [0.05, 0.1) is 16.6 Å². The highest BCUT2D eigenvalue weighted by molar-refractivity contribution is 9.10. The second-order valence-corrected chi connectivity index (χ2v) is 5.20. The summed E-state index contributed by atoms with van der Waals surface area (Å²) in [5, 5.41) is 10.00. The van der Waals surface area contributed by atoms with Gasteiger partial charge in [0.15, 0.2) is 0 Å². The van der Waals surface area contributed by atoms with Crippen LogP contribution in [0.2, 0.25) is 0 Å². The smallest absolute Gasteiger partial charge is 0.142 e. The minimum atomic E-state index is -0.641. The molecule has 0 unspecified atom stereocenters. The Bertz CT molecular complexity index is 387. The van der Waals surface area contributed by atoms with Crippen molar-refractivity contribution < 1.29 is 9.50 Å². The fourth-order valence-corrected chi connectivity index (χ4v) is 2.42. The van der Waals surface area contributed by atoms with Crippen LogP contribution in [0.4, 0.5) is 4.39 Å². The van der Waals surface area contributed by atoms with Gasteiger partial charge in [-0.1, -0.05) is 18.6 Å². The predicted octanol–water partition coefficient (Wildman–Crippen LogP) is 3.17. The van der Waals surface area contributed by atoms with Crippen LogP contribution in [0.5, 0.6) is 0 Å². The normalized spacial score (nSPS) is 19.1. The molecule has 5 heteroatoms. The summed E-state index contributed by atoms with van der Waals surface area (Å²) in [5.74, 6) is -0.137. The van der Waals surface area contributed by atoms with Gasteiger partial charge in [-0.15, -0.1) is 12.4 Å². The Morgan fingerprint density at radius 1 is 1.41 bits per heavy atom. The third-order valence-electron chi connectivity index (χ3n) is 3.34. The van der Waals surface area contributed by atoms with Gasteiger partial charge >= 0.3 is 0 Å². The average Bonchev–Trinajstić information content (AvgIpc) is 2.18. The molecule has 2 nitrogen and oxygen atoms in total. The summed E-state index contributed by atoms with van der Waals surface area (Å²) in [6.07, 6.45) is 2.47. The lowest BCUT2D eigenvalue weighted by Gasteiger charge is -2.33. The molecule has 96 valence electrons. The third kappa shape index (κ3) is 2.99. The van der Waals surface area contributed by atoms with Gasteiger partial charge in [-0.3, -0.25) is 0 Å². The van der Waals surface area contributed by atoms with Crippen LogP contribution in [0, 0.1) is 11.7 Å². The molecule has 1 aromatic rings. The van der Waals surface area contributed by atoms with Crippen LogP contribution in [0.15, 0.2) is 22.7 Å². The molecule has 1 aliphatic carbocycles. The Morgan fingerprint density at radius 3 is 2.59 bits per heavy atom. The molecule has 3 N–H and O–H groups in total. The van der Waals surface area contributed by atoms with Gasteiger partial charge in [0.25, 0.3) is 0 Å². The van der Waals surface area contributed by atoms with Crippen LogP contribution in [0.1, 0.15) is 30.9 Å². The molecule has 1 aromatic carbocycles. The van der Waals surface area contributed by atoms with Gasteiger partial charge in [0.1, 0.15) is 5.82 Å². The summed E-state index contributed by atoms with van der Waals surface area (Å²) in [4.78, 5) is 0. The molecular formula is C12H16BrClFNO. The number of hydrogen-bond donors (Lipinski definition) is 2. The van der Waals surface area contributed by atoms with Crippen molar-refractivity contribution in [2.75, 3.05) is 0 Å². The maximum Gasteiger partial charge on any atom is 0.142 e. The van der Waals surface area contributed by atoms with Crippen molar-refractivity contribution in [1.82, 2.24) is 0 Å². The number of hydrogen-bond acceptors (Lipinski definition) is 2. The highest BCUT2D eigenvalue weighted by Gasteiger charge is 2.31. The van der Waals surface area contributed by atoms with Crippen LogP contribution in [0.25, 0.3) is 0 Å². The summed E-state index contributed by atoms with van der Waals surface area (Å²) < 4.78 is 14.1. The Labute approximate surface area is 115 Å². The average molecular weight is 325 g/mol. The molecule has 0 aliphatic heterocycles. The molecule has 1 aliphatic rings. The zero-order valence-electron chi connectivity index (χ0n) is 9.27. The minimum absolute atomic E-state index is 0. The quantitative estimate of drug-likeness (QED) is 0.897. The third-order valence-corrected chi connectivity index (χ3v) is 3.95. The van der Waals surface area contributed by atoms with Crippen molar-refractivity contribution in [3.8, 4) is 0 Å². The van der Waals surface area contributed by atoms with Gasteiger partial charge < -0.3 is 10.8 Å². The van der Waals surface area contributed by atoms with Crippen LogP contribution in [0.3, 0.4) is 0 Å². The lowest BCUT2D eigenvalue weighted by Crippen LogP contribution is -2.36. The van der Waals surface area contributed by atoms with E-state index >= 15 is 0 Å². The first kappa shape index (κ1) is 14.9. The van der Waals surface area contributed by atoms with E-state index in [2.05, 4.69) is 15.9 Å². The standard InChI is InChI=1S/C12H15BrFNO.ClH/c13-9-6-2-5-8(10(9)14)11(15)12(16)7-3-1-4-7;/h2,5-7,11-12,16H,1,3-4,15H2;1H/t11-,12+;/m1./s1. The molecule has 0 spiro atoms. The monoisotopic (exact) mass is 323 g/mol. The van der Waals surface area contributed by atoms with Gasteiger partial charge in [0.2, 0.25) is 0 Å². The molecule has 0 amide bonds.